The van der Waals surface area contributed by atoms with E-state index in [1.165, 1.54) is 11.1 Å². The third-order valence-electron chi connectivity index (χ3n) is 4.53. The molecule has 1 heterocycles. The Morgan fingerprint density at radius 2 is 2.05 bits per heavy atom. The summed E-state index contributed by atoms with van der Waals surface area (Å²) in [6.07, 6.45) is 1.75. The highest BCUT2D eigenvalue weighted by atomic mass is 16.5. The third-order valence-corrected chi connectivity index (χ3v) is 4.53. The van der Waals surface area contributed by atoms with Crippen LogP contribution >= 0.6 is 0 Å². The molecule has 1 amide bonds. The second-order valence-corrected chi connectivity index (χ2v) is 6.54. The van der Waals surface area contributed by atoms with Crippen LogP contribution < -0.4 is 10.5 Å². The number of piperidine rings is 1. The van der Waals surface area contributed by atoms with Gasteiger partial charge in [-0.25, -0.2) is 0 Å². The van der Waals surface area contributed by atoms with Crippen molar-refractivity contribution < 1.29 is 9.53 Å². The smallest absolute Gasteiger partial charge is 0.220 e. The van der Waals surface area contributed by atoms with Crippen LogP contribution in [0.5, 0.6) is 5.75 Å². The SMILES string of the molecule is Cc1cc(OCCN2CCC(C(N)=O)CC2)ccc1C(C)C. The highest BCUT2D eigenvalue weighted by molar-refractivity contribution is 5.76. The standard InChI is InChI=1S/C18H28N2O2/c1-13(2)17-5-4-16(12-14(17)3)22-11-10-20-8-6-15(7-9-20)18(19)21/h4-5,12-13,15H,6-11H2,1-3H3,(H2,19,21). The fourth-order valence-electron chi connectivity index (χ4n) is 3.12. The molecule has 0 atom stereocenters. The van der Waals surface area contributed by atoms with Gasteiger partial charge in [-0.15, -0.1) is 0 Å². The van der Waals surface area contributed by atoms with Crippen molar-refractivity contribution in [3.8, 4) is 5.75 Å². The summed E-state index contributed by atoms with van der Waals surface area (Å²) in [5, 5.41) is 0. The van der Waals surface area contributed by atoms with Gasteiger partial charge in [0.1, 0.15) is 12.4 Å². The van der Waals surface area contributed by atoms with Gasteiger partial charge in [-0.2, -0.15) is 0 Å². The first-order chi connectivity index (χ1) is 10.5. The average Bonchev–Trinajstić information content (AvgIpc) is 2.47. The molecule has 122 valence electrons. The van der Waals surface area contributed by atoms with Crippen LogP contribution in [0.3, 0.4) is 0 Å². The monoisotopic (exact) mass is 304 g/mol. The van der Waals surface area contributed by atoms with Gasteiger partial charge in [0.25, 0.3) is 0 Å². The minimum Gasteiger partial charge on any atom is -0.492 e. The van der Waals surface area contributed by atoms with E-state index in [0.29, 0.717) is 12.5 Å². The molecule has 0 bridgehead atoms. The summed E-state index contributed by atoms with van der Waals surface area (Å²) in [7, 11) is 0. The number of rotatable bonds is 6. The van der Waals surface area contributed by atoms with E-state index in [1.807, 2.05) is 0 Å². The van der Waals surface area contributed by atoms with Crippen LogP contribution in [0.15, 0.2) is 18.2 Å². The normalized spacial score (nSPS) is 16.9. The molecule has 2 N–H and O–H groups in total. The van der Waals surface area contributed by atoms with Crippen LogP contribution in [-0.2, 0) is 4.79 Å². The molecule has 1 fully saturated rings. The highest BCUT2D eigenvalue weighted by Crippen LogP contribution is 2.23. The van der Waals surface area contributed by atoms with Crippen molar-refractivity contribution in [2.75, 3.05) is 26.2 Å². The van der Waals surface area contributed by atoms with Gasteiger partial charge in [0.2, 0.25) is 5.91 Å². The Kier molecular flexibility index (Phi) is 5.83. The lowest BCUT2D eigenvalue weighted by molar-refractivity contribution is -0.123. The molecule has 1 aliphatic heterocycles. The van der Waals surface area contributed by atoms with E-state index in [4.69, 9.17) is 10.5 Å². The van der Waals surface area contributed by atoms with E-state index < -0.39 is 0 Å². The molecule has 0 spiro atoms. The molecule has 0 saturated carbocycles. The number of amides is 1. The number of primary amides is 1. The zero-order valence-electron chi connectivity index (χ0n) is 14.0. The average molecular weight is 304 g/mol. The molecule has 1 saturated heterocycles. The van der Waals surface area contributed by atoms with Gasteiger partial charge >= 0.3 is 0 Å². The maximum absolute atomic E-state index is 11.1. The van der Waals surface area contributed by atoms with Crippen molar-refractivity contribution in [3.05, 3.63) is 29.3 Å². The molecule has 1 aliphatic rings. The molecule has 0 unspecified atom stereocenters. The van der Waals surface area contributed by atoms with Crippen LogP contribution in [0.4, 0.5) is 0 Å². The summed E-state index contributed by atoms with van der Waals surface area (Å²) in [6.45, 7) is 10.00. The van der Waals surface area contributed by atoms with E-state index in [9.17, 15) is 4.79 Å². The van der Waals surface area contributed by atoms with Gasteiger partial charge < -0.3 is 10.5 Å². The second kappa shape index (κ2) is 7.63. The van der Waals surface area contributed by atoms with Crippen molar-refractivity contribution in [2.24, 2.45) is 11.7 Å². The lowest BCUT2D eigenvalue weighted by Crippen LogP contribution is -2.40. The number of hydrogen-bond acceptors (Lipinski definition) is 3. The zero-order valence-corrected chi connectivity index (χ0v) is 14.0. The Balaban J connectivity index is 1.75. The Morgan fingerprint density at radius 1 is 1.36 bits per heavy atom. The van der Waals surface area contributed by atoms with Crippen LogP contribution in [0, 0.1) is 12.8 Å². The number of ether oxygens (including phenoxy) is 1. The molecule has 0 radical (unpaired) electrons. The summed E-state index contributed by atoms with van der Waals surface area (Å²) in [5.74, 6) is 1.38. The Bertz CT molecular complexity index is 506. The Morgan fingerprint density at radius 3 is 2.59 bits per heavy atom. The van der Waals surface area contributed by atoms with E-state index in [-0.39, 0.29) is 11.8 Å². The highest BCUT2D eigenvalue weighted by Gasteiger charge is 2.22. The molecule has 2 rings (SSSR count). The van der Waals surface area contributed by atoms with E-state index in [1.54, 1.807) is 0 Å². The predicted molar refractivity (Wildman–Crippen MR) is 89.1 cm³/mol. The Labute approximate surface area is 133 Å². The topological polar surface area (TPSA) is 55.6 Å². The largest absolute Gasteiger partial charge is 0.492 e. The van der Waals surface area contributed by atoms with Gasteiger partial charge in [-0.1, -0.05) is 19.9 Å². The number of carbonyl (C=O) groups excluding carboxylic acids is 1. The van der Waals surface area contributed by atoms with E-state index in [2.05, 4.69) is 43.9 Å². The van der Waals surface area contributed by atoms with Gasteiger partial charge in [-0.3, -0.25) is 9.69 Å². The van der Waals surface area contributed by atoms with Crippen molar-refractivity contribution in [2.45, 2.75) is 39.5 Å². The molecule has 0 aliphatic carbocycles. The van der Waals surface area contributed by atoms with Crippen molar-refractivity contribution >= 4 is 5.91 Å². The minimum atomic E-state index is -0.156. The second-order valence-electron chi connectivity index (χ2n) is 6.54. The fraction of sp³-hybridized carbons (Fsp3) is 0.611. The number of aryl methyl sites for hydroxylation is 1. The maximum Gasteiger partial charge on any atom is 0.220 e. The van der Waals surface area contributed by atoms with Gasteiger partial charge in [-0.05, 0) is 62.0 Å². The number of nitrogens with zero attached hydrogens (tertiary/aromatic N) is 1. The molecular formula is C18H28N2O2. The number of carbonyl (C=O) groups is 1. The number of benzene rings is 1. The van der Waals surface area contributed by atoms with Gasteiger partial charge in [0.05, 0.1) is 0 Å². The summed E-state index contributed by atoms with van der Waals surface area (Å²) in [4.78, 5) is 13.5. The molecule has 4 nitrogen and oxygen atoms in total. The van der Waals surface area contributed by atoms with Crippen molar-refractivity contribution in [3.63, 3.8) is 0 Å². The summed E-state index contributed by atoms with van der Waals surface area (Å²) >= 11 is 0. The minimum absolute atomic E-state index is 0.0587. The number of nitrogens with two attached hydrogens (primary N) is 1. The lowest BCUT2D eigenvalue weighted by atomic mass is 9.96. The summed E-state index contributed by atoms with van der Waals surface area (Å²) in [5.41, 5.74) is 8.02. The van der Waals surface area contributed by atoms with Crippen molar-refractivity contribution in [1.82, 2.24) is 4.90 Å². The molecule has 1 aromatic carbocycles. The summed E-state index contributed by atoms with van der Waals surface area (Å²) < 4.78 is 5.87. The first-order valence-corrected chi connectivity index (χ1v) is 8.22. The molecule has 4 heteroatoms. The van der Waals surface area contributed by atoms with Crippen LogP contribution in [-0.4, -0.2) is 37.0 Å². The van der Waals surface area contributed by atoms with Crippen LogP contribution in [0.2, 0.25) is 0 Å². The van der Waals surface area contributed by atoms with E-state index >= 15 is 0 Å². The van der Waals surface area contributed by atoms with Crippen molar-refractivity contribution in [1.29, 1.82) is 0 Å². The zero-order chi connectivity index (χ0) is 16.1. The first-order valence-electron chi connectivity index (χ1n) is 8.22. The number of likely N-dealkylation sites (tertiary alicyclic amines) is 1. The van der Waals surface area contributed by atoms with Gasteiger partial charge in [0.15, 0.2) is 0 Å². The first kappa shape index (κ1) is 16.8. The van der Waals surface area contributed by atoms with Crippen LogP contribution in [0.1, 0.15) is 43.7 Å². The number of hydrogen-bond donors (Lipinski definition) is 1. The van der Waals surface area contributed by atoms with Crippen LogP contribution in [0.25, 0.3) is 0 Å². The molecular weight excluding hydrogens is 276 g/mol. The van der Waals surface area contributed by atoms with Gasteiger partial charge in [0, 0.05) is 12.5 Å². The molecule has 22 heavy (non-hydrogen) atoms. The Hall–Kier alpha value is -1.55. The lowest BCUT2D eigenvalue weighted by Gasteiger charge is -2.30. The molecule has 1 aromatic rings. The quantitative estimate of drug-likeness (QED) is 0.879. The fourth-order valence-corrected chi connectivity index (χ4v) is 3.12. The van der Waals surface area contributed by atoms with E-state index in [0.717, 1.165) is 38.2 Å². The summed E-state index contributed by atoms with van der Waals surface area (Å²) in [6, 6.07) is 6.34. The third kappa shape index (κ3) is 4.47. The predicted octanol–water partition coefficient (Wildman–Crippen LogP) is 2.69. The maximum atomic E-state index is 11.1. The molecule has 0 aromatic heterocycles.